The summed E-state index contributed by atoms with van der Waals surface area (Å²) in [5, 5.41) is 0. The average molecular weight is 402 g/mol. The van der Waals surface area contributed by atoms with Gasteiger partial charge in [-0.3, -0.25) is 0 Å². The molecular formula is C23H32O2P2+2. The first kappa shape index (κ1) is 19.5. The molecule has 2 nitrogen and oxygen atoms in total. The summed E-state index contributed by atoms with van der Waals surface area (Å²) in [6, 6.07) is 8.74. The van der Waals surface area contributed by atoms with E-state index in [1.807, 2.05) is 0 Å². The zero-order chi connectivity index (χ0) is 18.6. The normalized spacial score (nSPS) is 32.6. The predicted octanol–water partition coefficient (Wildman–Crippen LogP) is 7.20. The number of fused-ring (bicyclic) bond motifs is 5. The summed E-state index contributed by atoms with van der Waals surface area (Å²) in [7, 11) is -2.11. The van der Waals surface area contributed by atoms with Crippen LogP contribution in [0.3, 0.4) is 0 Å². The lowest BCUT2D eigenvalue weighted by Crippen LogP contribution is -2.04. The van der Waals surface area contributed by atoms with Gasteiger partial charge in [0.2, 0.25) is 0 Å². The predicted molar refractivity (Wildman–Crippen MR) is 116 cm³/mol. The Bertz CT molecular complexity index is 740. The van der Waals surface area contributed by atoms with Crippen LogP contribution < -0.4 is 0 Å². The summed E-state index contributed by atoms with van der Waals surface area (Å²) < 4.78 is 25.2. The maximum Gasteiger partial charge on any atom is 0.339 e. The van der Waals surface area contributed by atoms with Crippen molar-refractivity contribution in [3.8, 4) is 0 Å². The number of allylic oxidation sites excluding steroid dienone is 1. The standard InChI is InChI=1S/C23H32O2P2/c24-26-12-4-3-7-23-21(16-20-5-1-2-6-22(20)23)11-14-27(25)17-19-9-8-18(15-19)10-13-26/h1-2,5-6,16,18-19,23H,3-4,7-15,17H2/q+2. The third kappa shape index (κ3) is 4.96. The SMILES string of the molecule is O=[P+]1CCCCC2C(=Cc3ccccc32)CC[P+](=O)CC2CCC(CC1)C2. The third-order valence-corrected chi connectivity index (χ3v) is 10.1. The Kier molecular flexibility index (Phi) is 6.57. The molecule has 1 saturated heterocycles. The van der Waals surface area contributed by atoms with Crippen molar-refractivity contribution in [1.82, 2.24) is 0 Å². The van der Waals surface area contributed by atoms with Gasteiger partial charge in [-0.15, -0.1) is 0 Å². The van der Waals surface area contributed by atoms with Crippen LogP contribution in [0.2, 0.25) is 0 Å². The van der Waals surface area contributed by atoms with Gasteiger partial charge in [0.05, 0.1) is 0 Å². The van der Waals surface area contributed by atoms with E-state index in [9.17, 15) is 9.13 Å². The zero-order valence-electron chi connectivity index (χ0n) is 16.3. The van der Waals surface area contributed by atoms with Crippen molar-refractivity contribution >= 4 is 21.7 Å². The van der Waals surface area contributed by atoms with Crippen molar-refractivity contribution in [2.75, 3.05) is 24.6 Å². The fourth-order valence-electron chi connectivity index (χ4n) is 5.36. The third-order valence-electron chi connectivity index (χ3n) is 6.86. The molecule has 27 heavy (non-hydrogen) atoms. The van der Waals surface area contributed by atoms with E-state index in [0.717, 1.165) is 62.7 Å². The highest BCUT2D eigenvalue weighted by atomic mass is 31.1. The molecule has 3 aliphatic rings. The Hall–Kier alpha value is -0.840. The van der Waals surface area contributed by atoms with E-state index in [1.165, 1.54) is 36.0 Å². The van der Waals surface area contributed by atoms with Crippen LogP contribution in [-0.2, 0) is 9.13 Å². The molecule has 5 unspecified atom stereocenters. The fourth-order valence-corrected chi connectivity index (χ4v) is 8.41. The molecule has 1 aliphatic heterocycles. The minimum atomic E-state index is -1.09. The molecule has 0 spiro atoms. The summed E-state index contributed by atoms with van der Waals surface area (Å²) in [4.78, 5) is 0. The molecule has 1 saturated carbocycles. The van der Waals surface area contributed by atoms with Crippen molar-refractivity contribution in [3.05, 3.63) is 41.0 Å². The van der Waals surface area contributed by atoms with Gasteiger partial charge >= 0.3 is 15.6 Å². The zero-order valence-corrected chi connectivity index (χ0v) is 18.1. The molecule has 0 radical (unpaired) electrons. The summed E-state index contributed by atoms with van der Waals surface area (Å²) in [6.45, 7) is 0. The van der Waals surface area contributed by atoms with E-state index >= 15 is 0 Å². The van der Waals surface area contributed by atoms with E-state index in [4.69, 9.17) is 0 Å². The molecule has 4 heteroatoms. The van der Waals surface area contributed by atoms with E-state index < -0.39 is 15.6 Å². The van der Waals surface area contributed by atoms with Gasteiger partial charge in [0.15, 0.2) is 0 Å². The van der Waals surface area contributed by atoms with Crippen LogP contribution in [0.1, 0.15) is 68.4 Å². The van der Waals surface area contributed by atoms with Crippen molar-refractivity contribution < 1.29 is 9.13 Å². The van der Waals surface area contributed by atoms with E-state index in [-0.39, 0.29) is 0 Å². The first-order valence-corrected chi connectivity index (χ1v) is 14.1. The lowest BCUT2D eigenvalue weighted by Gasteiger charge is -2.16. The molecule has 1 aromatic rings. The highest BCUT2D eigenvalue weighted by molar-refractivity contribution is 7.44. The highest BCUT2D eigenvalue weighted by Gasteiger charge is 2.33. The van der Waals surface area contributed by atoms with Crippen LogP contribution >= 0.6 is 15.6 Å². The molecule has 0 N–H and O–H groups in total. The topological polar surface area (TPSA) is 34.1 Å². The monoisotopic (exact) mass is 402 g/mol. The molecule has 2 aliphatic carbocycles. The van der Waals surface area contributed by atoms with Gasteiger partial charge in [0, 0.05) is 18.3 Å². The van der Waals surface area contributed by atoms with Crippen LogP contribution in [-0.4, -0.2) is 24.6 Å². The van der Waals surface area contributed by atoms with Crippen LogP contribution in [0.25, 0.3) is 6.08 Å². The van der Waals surface area contributed by atoms with Gasteiger partial charge in [0.1, 0.15) is 24.6 Å². The molecule has 4 rings (SSSR count). The maximum atomic E-state index is 12.8. The molecule has 1 heterocycles. The molecule has 2 fully saturated rings. The number of hydrogen-bond donors (Lipinski definition) is 0. The molecule has 0 aromatic heterocycles. The van der Waals surface area contributed by atoms with Crippen molar-refractivity contribution in [1.29, 1.82) is 0 Å². The summed E-state index contributed by atoms with van der Waals surface area (Å²) in [5.74, 6) is 1.88. The van der Waals surface area contributed by atoms with Crippen LogP contribution in [0.15, 0.2) is 29.8 Å². The highest BCUT2D eigenvalue weighted by Crippen LogP contribution is 2.45. The average Bonchev–Trinajstić information content (AvgIpc) is 3.25. The van der Waals surface area contributed by atoms with Gasteiger partial charge < -0.3 is 0 Å². The Morgan fingerprint density at radius 3 is 2.59 bits per heavy atom. The number of rotatable bonds is 0. The van der Waals surface area contributed by atoms with E-state index in [0.29, 0.717) is 11.8 Å². The Morgan fingerprint density at radius 1 is 0.815 bits per heavy atom. The number of benzene rings is 1. The fraction of sp³-hybridized carbons (Fsp3) is 0.652. The molecule has 144 valence electrons. The van der Waals surface area contributed by atoms with Crippen molar-refractivity contribution in [2.24, 2.45) is 11.8 Å². The van der Waals surface area contributed by atoms with Crippen molar-refractivity contribution in [2.45, 2.75) is 57.3 Å². The number of hydrogen-bond acceptors (Lipinski definition) is 2. The van der Waals surface area contributed by atoms with Crippen LogP contribution in [0, 0.1) is 11.8 Å². The largest absolute Gasteiger partial charge is 0.339 e. The van der Waals surface area contributed by atoms with Gasteiger partial charge in [-0.1, -0.05) is 45.0 Å². The smallest absolute Gasteiger partial charge is 0.0748 e. The second-order valence-corrected chi connectivity index (χ2v) is 12.4. The summed E-state index contributed by atoms with van der Waals surface area (Å²) in [6.07, 6.45) is 15.2. The first-order valence-electron chi connectivity index (χ1n) is 10.8. The van der Waals surface area contributed by atoms with Gasteiger partial charge in [-0.05, 0) is 62.0 Å². The Morgan fingerprint density at radius 2 is 1.67 bits per heavy atom. The second kappa shape index (κ2) is 9.11. The van der Waals surface area contributed by atoms with Crippen molar-refractivity contribution in [3.63, 3.8) is 0 Å². The lowest BCUT2D eigenvalue weighted by molar-refractivity contribution is 0.496. The van der Waals surface area contributed by atoms with E-state index in [2.05, 4.69) is 30.3 Å². The second-order valence-electron chi connectivity index (χ2n) is 8.80. The van der Waals surface area contributed by atoms with Gasteiger partial charge in [-0.25, -0.2) is 0 Å². The minimum Gasteiger partial charge on any atom is -0.0748 e. The maximum absolute atomic E-state index is 12.8. The summed E-state index contributed by atoms with van der Waals surface area (Å²) >= 11 is 0. The lowest BCUT2D eigenvalue weighted by atomic mass is 9.89. The molecule has 1 aromatic carbocycles. The Labute approximate surface area is 165 Å². The first-order chi connectivity index (χ1) is 13.2. The molecule has 5 atom stereocenters. The molecule has 0 amide bonds. The molecule has 2 bridgehead atoms. The molecular weight excluding hydrogens is 370 g/mol. The van der Waals surface area contributed by atoms with Gasteiger partial charge in [0.25, 0.3) is 0 Å². The van der Waals surface area contributed by atoms with Crippen LogP contribution in [0.5, 0.6) is 0 Å². The Balaban J connectivity index is 1.47. The minimum absolute atomic E-state index is 0.492. The van der Waals surface area contributed by atoms with Crippen LogP contribution in [0.4, 0.5) is 0 Å². The van der Waals surface area contributed by atoms with E-state index in [1.54, 1.807) is 0 Å². The van der Waals surface area contributed by atoms with Gasteiger partial charge in [-0.2, -0.15) is 0 Å². The quantitative estimate of drug-likeness (QED) is 0.430. The summed E-state index contributed by atoms with van der Waals surface area (Å²) in [5.41, 5.74) is 4.29.